The number of hydrogen-bond acceptors (Lipinski definition) is 6. The van der Waals surface area contributed by atoms with Crippen molar-refractivity contribution >= 4 is 17.1 Å². The number of azo groups is 1. The van der Waals surface area contributed by atoms with E-state index >= 15 is 0 Å². The van der Waals surface area contributed by atoms with E-state index in [4.69, 9.17) is 5.73 Å². The largest absolute Gasteiger partial charge is 0.506 e. The zero-order valence-electron chi connectivity index (χ0n) is 11.4. The maximum absolute atomic E-state index is 11.0. The maximum Gasteiger partial charge on any atom is 0.276 e. The molecule has 0 amide bonds. The highest BCUT2D eigenvalue weighted by Crippen LogP contribution is 2.32. The maximum atomic E-state index is 11.0. The van der Waals surface area contributed by atoms with Crippen LogP contribution in [0.15, 0.2) is 46.6 Å². The minimum absolute atomic E-state index is 0.00632. The summed E-state index contributed by atoms with van der Waals surface area (Å²) in [6, 6.07) is 9.43. The van der Waals surface area contributed by atoms with Gasteiger partial charge in [-0.3, -0.25) is 10.1 Å². The van der Waals surface area contributed by atoms with E-state index in [1.807, 2.05) is 0 Å². The number of nitro groups is 1. The minimum atomic E-state index is -0.507. The van der Waals surface area contributed by atoms with Crippen LogP contribution in [0.2, 0.25) is 0 Å². The van der Waals surface area contributed by atoms with Crippen LogP contribution in [-0.4, -0.2) is 10.0 Å². The molecule has 0 fully saturated rings. The Bertz CT molecular complexity index is 693. The number of phenols is 1. The SMILES string of the molecule is Cc1cccc(O)c1N=Nc1ccc(CN)c([N+](=O)[O-])c1. The molecule has 2 rings (SSSR count). The standard InChI is InChI=1S/C14H14N4O3/c1-9-3-2-4-13(19)14(9)17-16-11-6-5-10(8-15)12(7-11)18(20)21/h2-7,19H,8,15H2,1H3. The normalized spacial score (nSPS) is 11.0. The zero-order chi connectivity index (χ0) is 15.4. The van der Waals surface area contributed by atoms with Crippen molar-refractivity contribution in [1.82, 2.24) is 0 Å². The van der Waals surface area contributed by atoms with Crippen LogP contribution in [0.5, 0.6) is 5.75 Å². The predicted octanol–water partition coefficient (Wildman–Crippen LogP) is 3.48. The van der Waals surface area contributed by atoms with Gasteiger partial charge in [0.1, 0.15) is 11.4 Å². The molecule has 0 unspecified atom stereocenters. The van der Waals surface area contributed by atoms with Crippen LogP contribution in [0.25, 0.3) is 0 Å². The average Bonchev–Trinajstić information content (AvgIpc) is 2.46. The summed E-state index contributed by atoms with van der Waals surface area (Å²) in [7, 11) is 0. The highest BCUT2D eigenvalue weighted by molar-refractivity contribution is 5.57. The highest BCUT2D eigenvalue weighted by atomic mass is 16.6. The summed E-state index contributed by atoms with van der Waals surface area (Å²) in [4.78, 5) is 10.4. The number of nitrogens with zero attached hydrogens (tertiary/aromatic N) is 3. The molecule has 7 heteroatoms. The summed E-state index contributed by atoms with van der Waals surface area (Å²) in [5.74, 6) is 0.00632. The van der Waals surface area contributed by atoms with Crippen LogP contribution in [0.4, 0.5) is 17.1 Å². The van der Waals surface area contributed by atoms with Gasteiger partial charge in [-0.25, -0.2) is 0 Å². The summed E-state index contributed by atoms with van der Waals surface area (Å²) < 4.78 is 0. The molecule has 0 heterocycles. The van der Waals surface area contributed by atoms with Crippen molar-refractivity contribution < 1.29 is 10.0 Å². The van der Waals surface area contributed by atoms with E-state index in [0.717, 1.165) is 5.56 Å². The van der Waals surface area contributed by atoms with Gasteiger partial charge in [0.25, 0.3) is 5.69 Å². The Morgan fingerprint density at radius 1 is 1.29 bits per heavy atom. The molecule has 3 N–H and O–H groups in total. The monoisotopic (exact) mass is 286 g/mol. The van der Waals surface area contributed by atoms with Crippen molar-refractivity contribution in [1.29, 1.82) is 0 Å². The van der Waals surface area contributed by atoms with Gasteiger partial charge in [0.15, 0.2) is 0 Å². The van der Waals surface area contributed by atoms with Crippen LogP contribution < -0.4 is 5.73 Å². The van der Waals surface area contributed by atoms with Gasteiger partial charge >= 0.3 is 0 Å². The molecule has 0 bridgehead atoms. The lowest BCUT2D eigenvalue weighted by Gasteiger charge is -2.02. The quantitative estimate of drug-likeness (QED) is 0.508. The fourth-order valence-electron chi connectivity index (χ4n) is 1.84. The molecular formula is C14H14N4O3. The van der Waals surface area contributed by atoms with Gasteiger partial charge in [0.2, 0.25) is 0 Å². The van der Waals surface area contributed by atoms with Crippen LogP contribution in [0, 0.1) is 17.0 Å². The molecule has 0 aliphatic heterocycles. The van der Waals surface area contributed by atoms with E-state index < -0.39 is 4.92 Å². The fraction of sp³-hybridized carbons (Fsp3) is 0.143. The van der Waals surface area contributed by atoms with E-state index in [1.54, 1.807) is 31.2 Å². The summed E-state index contributed by atoms with van der Waals surface area (Å²) in [6.45, 7) is 1.86. The van der Waals surface area contributed by atoms with Gasteiger partial charge in [-0.05, 0) is 30.7 Å². The van der Waals surface area contributed by atoms with Gasteiger partial charge in [0.05, 0.1) is 10.6 Å². The number of benzene rings is 2. The molecule has 0 saturated heterocycles. The molecule has 21 heavy (non-hydrogen) atoms. The van der Waals surface area contributed by atoms with E-state index in [1.165, 1.54) is 12.1 Å². The summed E-state index contributed by atoms with van der Waals surface area (Å²) in [6.07, 6.45) is 0. The zero-order valence-corrected chi connectivity index (χ0v) is 11.4. The smallest absolute Gasteiger partial charge is 0.276 e. The topological polar surface area (TPSA) is 114 Å². The molecule has 0 aromatic heterocycles. The van der Waals surface area contributed by atoms with Crippen LogP contribution in [0.1, 0.15) is 11.1 Å². The van der Waals surface area contributed by atoms with Crippen LogP contribution in [-0.2, 0) is 6.54 Å². The van der Waals surface area contributed by atoms with Gasteiger partial charge in [-0.1, -0.05) is 12.1 Å². The lowest BCUT2D eigenvalue weighted by Crippen LogP contribution is -2.01. The van der Waals surface area contributed by atoms with Crippen molar-refractivity contribution in [3.8, 4) is 5.75 Å². The third-order valence-electron chi connectivity index (χ3n) is 2.97. The lowest BCUT2D eigenvalue weighted by molar-refractivity contribution is -0.385. The van der Waals surface area contributed by atoms with Crippen molar-refractivity contribution in [3.05, 3.63) is 57.6 Å². The third-order valence-corrected chi connectivity index (χ3v) is 2.97. The van der Waals surface area contributed by atoms with Crippen LogP contribution >= 0.6 is 0 Å². The second-order valence-corrected chi connectivity index (χ2v) is 4.42. The number of nitrogens with two attached hydrogens (primary N) is 1. The molecule has 0 atom stereocenters. The van der Waals surface area contributed by atoms with Gasteiger partial charge < -0.3 is 10.8 Å². The van der Waals surface area contributed by atoms with E-state index in [2.05, 4.69) is 10.2 Å². The van der Waals surface area contributed by atoms with Crippen molar-refractivity contribution in [2.45, 2.75) is 13.5 Å². The number of nitro benzene ring substituents is 1. The van der Waals surface area contributed by atoms with E-state index in [0.29, 0.717) is 16.9 Å². The van der Waals surface area contributed by atoms with Gasteiger partial charge in [0, 0.05) is 18.2 Å². The van der Waals surface area contributed by atoms with Crippen molar-refractivity contribution in [3.63, 3.8) is 0 Å². The molecular weight excluding hydrogens is 272 g/mol. The molecule has 0 aliphatic rings. The average molecular weight is 286 g/mol. The Balaban J connectivity index is 2.38. The van der Waals surface area contributed by atoms with Gasteiger partial charge in [-0.2, -0.15) is 5.11 Å². The lowest BCUT2D eigenvalue weighted by atomic mass is 10.1. The summed E-state index contributed by atoms with van der Waals surface area (Å²) >= 11 is 0. The Kier molecular flexibility index (Phi) is 4.24. The molecule has 2 aromatic rings. The number of phenolic OH excluding ortho intramolecular Hbond substituents is 1. The first-order chi connectivity index (χ1) is 10.0. The second kappa shape index (κ2) is 6.10. The van der Waals surface area contributed by atoms with Crippen molar-refractivity contribution in [2.24, 2.45) is 16.0 Å². The van der Waals surface area contributed by atoms with E-state index in [9.17, 15) is 15.2 Å². The number of aryl methyl sites for hydroxylation is 1. The molecule has 0 saturated carbocycles. The summed E-state index contributed by atoms with van der Waals surface area (Å²) in [5, 5.41) is 28.6. The Morgan fingerprint density at radius 2 is 2.05 bits per heavy atom. The summed E-state index contributed by atoms with van der Waals surface area (Å²) in [5.41, 5.74) is 7.20. The molecule has 0 radical (unpaired) electrons. The molecule has 2 aromatic carbocycles. The van der Waals surface area contributed by atoms with Crippen molar-refractivity contribution in [2.75, 3.05) is 0 Å². The predicted molar refractivity (Wildman–Crippen MR) is 78.0 cm³/mol. The number of aromatic hydroxyl groups is 1. The van der Waals surface area contributed by atoms with E-state index in [-0.39, 0.29) is 18.0 Å². The Labute approximate surface area is 120 Å². The van der Waals surface area contributed by atoms with Crippen LogP contribution in [0.3, 0.4) is 0 Å². The minimum Gasteiger partial charge on any atom is -0.506 e. The first kappa shape index (κ1) is 14.6. The first-order valence-electron chi connectivity index (χ1n) is 6.20. The fourth-order valence-corrected chi connectivity index (χ4v) is 1.84. The third kappa shape index (κ3) is 3.21. The molecule has 0 aliphatic carbocycles. The number of rotatable bonds is 4. The van der Waals surface area contributed by atoms with Gasteiger partial charge in [-0.15, -0.1) is 5.11 Å². The molecule has 7 nitrogen and oxygen atoms in total. The number of hydrogen-bond donors (Lipinski definition) is 2. The highest BCUT2D eigenvalue weighted by Gasteiger charge is 2.13. The molecule has 108 valence electrons. The molecule has 0 spiro atoms. The first-order valence-corrected chi connectivity index (χ1v) is 6.20. The Hall–Kier alpha value is -2.80. The second-order valence-electron chi connectivity index (χ2n) is 4.42. The Morgan fingerprint density at radius 3 is 2.67 bits per heavy atom.